The van der Waals surface area contributed by atoms with Crippen LogP contribution >= 0.6 is 0 Å². The van der Waals surface area contributed by atoms with E-state index in [4.69, 9.17) is 5.73 Å². The molecular weight excluding hydrogens is 320 g/mol. The Morgan fingerprint density at radius 2 is 2.04 bits per heavy atom. The zero-order valence-corrected chi connectivity index (χ0v) is 14.0. The summed E-state index contributed by atoms with van der Waals surface area (Å²) in [5, 5.41) is 12.4. The number of nitrogens with zero attached hydrogens (tertiary/aromatic N) is 5. The Morgan fingerprint density at radius 3 is 2.80 bits per heavy atom. The lowest BCUT2D eigenvalue weighted by Crippen LogP contribution is -2.44. The van der Waals surface area contributed by atoms with Crippen molar-refractivity contribution in [2.24, 2.45) is 11.7 Å². The first kappa shape index (κ1) is 17.1. The summed E-state index contributed by atoms with van der Waals surface area (Å²) in [6.45, 7) is 1.66. The van der Waals surface area contributed by atoms with Crippen molar-refractivity contribution in [3.05, 3.63) is 30.3 Å². The first-order chi connectivity index (χ1) is 12.1. The molecule has 25 heavy (non-hydrogen) atoms. The van der Waals surface area contributed by atoms with Gasteiger partial charge in [0.2, 0.25) is 17.6 Å². The SMILES string of the molecule is NC(=O)[C@H]1CCCN(C(=O)CCCn2nnc(-c3ccccc3)n2)C1. The van der Waals surface area contributed by atoms with E-state index in [1.807, 2.05) is 30.3 Å². The van der Waals surface area contributed by atoms with Crippen LogP contribution in [0.2, 0.25) is 0 Å². The Morgan fingerprint density at radius 1 is 1.24 bits per heavy atom. The Labute approximate surface area is 146 Å². The molecule has 0 bridgehead atoms. The molecular formula is C17H22N6O2. The molecule has 2 amide bonds. The van der Waals surface area contributed by atoms with Crippen LogP contribution in [0.1, 0.15) is 25.7 Å². The van der Waals surface area contributed by atoms with Crippen molar-refractivity contribution in [3.8, 4) is 11.4 Å². The van der Waals surface area contributed by atoms with E-state index >= 15 is 0 Å². The predicted molar refractivity (Wildman–Crippen MR) is 91.0 cm³/mol. The van der Waals surface area contributed by atoms with Crippen molar-refractivity contribution in [1.82, 2.24) is 25.1 Å². The quantitative estimate of drug-likeness (QED) is 0.837. The minimum Gasteiger partial charge on any atom is -0.369 e. The molecule has 0 unspecified atom stereocenters. The van der Waals surface area contributed by atoms with Crippen LogP contribution in [0.25, 0.3) is 11.4 Å². The number of piperidine rings is 1. The van der Waals surface area contributed by atoms with E-state index in [1.54, 1.807) is 4.90 Å². The number of primary amides is 1. The van der Waals surface area contributed by atoms with Crippen molar-refractivity contribution in [3.63, 3.8) is 0 Å². The zero-order chi connectivity index (χ0) is 17.6. The van der Waals surface area contributed by atoms with E-state index in [-0.39, 0.29) is 17.7 Å². The highest BCUT2D eigenvalue weighted by Gasteiger charge is 2.26. The van der Waals surface area contributed by atoms with Gasteiger partial charge in [-0.1, -0.05) is 30.3 Å². The van der Waals surface area contributed by atoms with E-state index in [9.17, 15) is 9.59 Å². The van der Waals surface area contributed by atoms with Crippen LogP contribution in [-0.2, 0) is 16.1 Å². The monoisotopic (exact) mass is 342 g/mol. The molecule has 1 aliphatic heterocycles. The van der Waals surface area contributed by atoms with Gasteiger partial charge in [-0.05, 0) is 24.5 Å². The van der Waals surface area contributed by atoms with Gasteiger partial charge in [0.1, 0.15) is 0 Å². The average Bonchev–Trinajstić information content (AvgIpc) is 3.11. The van der Waals surface area contributed by atoms with Gasteiger partial charge in [-0.3, -0.25) is 9.59 Å². The lowest BCUT2D eigenvalue weighted by atomic mass is 9.97. The number of rotatable bonds is 6. The molecule has 0 saturated carbocycles. The van der Waals surface area contributed by atoms with Crippen molar-refractivity contribution >= 4 is 11.8 Å². The molecule has 2 heterocycles. The summed E-state index contributed by atoms with van der Waals surface area (Å²) in [5.74, 6) is 0.0856. The number of likely N-dealkylation sites (tertiary alicyclic amines) is 1. The van der Waals surface area contributed by atoms with Crippen LogP contribution < -0.4 is 5.73 Å². The minimum atomic E-state index is -0.322. The molecule has 1 aromatic heterocycles. The maximum absolute atomic E-state index is 12.3. The highest BCUT2D eigenvalue weighted by molar-refractivity contribution is 5.80. The first-order valence-electron chi connectivity index (χ1n) is 8.54. The zero-order valence-electron chi connectivity index (χ0n) is 14.0. The van der Waals surface area contributed by atoms with Gasteiger partial charge < -0.3 is 10.6 Å². The van der Waals surface area contributed by atoms with Gasteiger partial charge >= 0.3 is 0 Å². The molecule has 1 aromatic carbocycles. The van der Waals surface area contributed by atoms with Crippen LogP contribution in [0.3, 0.4) is 0 Å². The lowest BCUT2D eigenvalue weighted by molar-refractivity contribution is -0.135. The van der Waals surface area contributed by atoms with Crippen LogP contribution in [0.4, 0.5) is 0 Å². The molecule has 0 radical (unpaired) electrons. The van der Waals surface area contributed by atoms with Crippen LogP contribution in [-0.4, -0.2) is 50.0 Å². The average molecular weight is 342 g/mol. The number of carbonyl (C=O) groups excluding carboxylic acids is 2. The summed E-state index contributed by atoms with van der Waals surface area (Å²) in [4.78, 5) is 26.8. The van der Waals surface area contributed by atoms with Gasteiger partial charge in [0.25, 0.3) is 0 Å². The van der Waals surface area contributed by atoms with Gasteiger partial charge in [0.15, 0.2) is 0 Å². The second kappa shape index (κ2) is 7.87. The van der Waals surface area contributed by atoms with Gasteiger partial charge in [-0.15, -0.1) is 10.2 Å². The molecule has 3 rings (SSSR count). The fourth-order valence-corrected chi connectivity index (χ4v) is 3.01. The van der Waals surface area contributed by atoms with Crippen molar-refractivity contribution in [2.45, 2.75) is 32.2 Å². The largest absolute Gasteiger partial charge is 0.369 e. The Kier molecular flexibility index (Phi) is 5.37. The number of tetrazole rings is 1. The molecule has 1 atom stereocenters. The van der Waals surface area contributed by atoms with E-state index in [1.165, 1.54) is 4.80 Å². The van der Waals surface area contributed by atoms with E-state index in [2.05, 4.69) is 15.4 Å². The number of aryl methyl sites for hydroxylation is 1. The van der Waals surface area contributed by atoms with E-state index < -0.39 is 0 Å². The molecule has 2 aromatic rings. The van der Waals surface area contributed by atoms with Gasteiger partial charge in [-0.25, -0.2) is 0 Å². The second-order valence-electron chi connectivity index (χ2n) is 6.26. The summed E-state index contributed by atoms with van der Waals surface area (Å²) in [5.41, 5.74) is 6.26. The van der Waals surface area contributed by atoms with E-state index in [0.29, 0.717) is 38.3 Å². The maximum atomic E-state index is 12.3. The number of benzene rings is 1. The third-order valence-corrected chi connectivity index (χ3v) is 4.41. The second-order valence-corrected chi connectivity index (χ2v) is 6.26. The molecule has 8 heteroatoms. The molecule has 0 aliphatic carbocycles. The Hall–Kier alpha value is -2.77. The number of aromatic nitrogens is 4. The van der Waals surface area contributed by atoms with Gasteiger partial charge in [0, 0.05) is 25.1 Å². The molecule has 2 N–H and O–H groups in total. The highest BCUT2D eigenvalue weighted by atomic mass is 16.2. The fraction of sp³-hybridized carbons (Fsp3) is 0.471. The van der Waals surface area contributed by atoms with Gasteiger partial charge in [0.05, 0.1) is 12.5 Å². The smallest absolute Gasteiger partial charge is 0.222 e. The number of hydrogen-bond acceptors (Lipinski definition) is 5. The van der Waals surface area contributed by atoms with Crippen LogP contribution in [0.15, 0.2) is 30.3 Å². The van der Waals surface area contributed by atoms with Crippen molar-refractivity contribution in [2.75, 3.05) is 13.1 Å². The third-order valence-electron chi connectivity index (χ3n) is 4.41. The number of nitrogens with two attached hydrogens (primary N) is 1. The summed E-state index contributed by atoms with van der Waals surface area (Å²) >= 11 is 0. The summed E-state index contributed by atoms with van der Waals surface area (Å²) in [6, 6.07) is 9.63. The summed E-state index contributed by atoms with van der Waals surface area (Å²) in [6.07, 6.45) is 2.61. The normalized spacial score (nSPS) is 17.4. The molecule has 8 nitrogen and oxygen atoms in total. The standard InChI is InChI=1S/C17H22N6O2/c18-16(25)14-8-4-10-22(12-14)15(24)9-5-11-23-20-17(19-21-23)13-6-2-1-3-7-13/h1-3,6-7,14H,4-5,8-12H2,(H2,18,25)/t14-/m0/s1. The van der Waals surface area contributed by atoms with Gasteiger partial charge in [-0.2, -0.15) is 4.80 Å². The molecule has 1 saturated heterocycles. The van der Waals surface area contributed by atoms with Crippen LogP contribution in [0.5, 0.6) is 0 Å². The third kappa shape index (κ3) is 4.40. The summed E-state index contributed by atoms with van der Waals surface area (Å²) < 4.78 is 0. The molecule has 0 spiro atoms. The molecule has 1 fully saturated rings. The maximum Gasteiger partial charge on any atom is 0.222 e. The Balaban J connectivity index is 1.47. The summed E-state index contributed by atoms with van der Waals surface area (Å²) in [7, 11) is 0. The highest BCUT2D eigenvalue weighted by Crippen LogP contribution is 2.17. The Bertz CT molecular complexity index is 730. The number of amides is 2. The minimum absolute atomic E-state index is 0.0503. The number of carbonyl (C=O) groups is 2. The fourth-order valence-electron chi connectivity index (χ4n) is 3.01. The lowest BCUT2D eigenvalue weighted by Gasteiger charge is -2.31. The number of hydrogen-bond donors (Lipinski definition) is 1. The van der Waals surface area contributed by atoms with Crippen molar-refractivity contribution < 1.29 is 9.59 Å². The first-order valence-corrected chi connectivity index (χ1v) is 8.54. The van der Waals surface area contributed by atoms with Crippen molar-refractivity contribution in [1.29, 1.82) is 0 Å². The van der Waals surface area contributed by atoms with E-state index in [0.717, 1.165) is 18.4 Å². The topological polar surface area (TPSA) is 107 Å². The molecule has 1 aliphatic rings. The predicted octanol–water partition coefficient (Wildman–Crippen LogP) is 0.844. The molecule has 132 valence electrons. The van der Waals surface area contributed by atoms with Crippen LogP contribution in [0, 0.1) is 5.92 Å².